The molecule has 0 unspecified atom stereocenters. The van der Waals surface area contributed by atoms with Gasteiger partial charge < -0.3 is 9.84 Å². The first kappa shape index (κ1) is 15.3. The molecule has 1 aromatic carbocycles. The van der Waals surface area contributed by atoms with Crippen molar-refractivity contribution in [2.45, 2.75) is 27.4 Å². The predicted molar refractivity (Wildman–Crippen MR) is 86.0 cm³/mol. The van der Waals surface area contributed by atoms with E-state index in [1.54, 1.807) is 17.4 Å². The summed E-state index contributed by atoms with van der Waals surface area (Å²) in [5, 5.41) is 10.6. The fourth-order valence-electron chi connectivity index (χ4n) is 2.06. The molecule has 0 aliphatic heterocycles. The highest BCUT2D eigenvalue weighted by atomic mass is 32.1. The summed E-state index contributed by atoms with van der Waals surface area (Å²) in [5.74, 6) is -0.0324. The molecule has 0 aliphatic rings. The molecule has 1 aromatic heterocycles. The number of aliphatic carboxylic acids is 1. The molecule has 0 saturated heterocycles. The first-order chi connectivity index (χ1) is 9.99. The number of thiophene rings is 1. The van der Waals surface area contributed by atoms with Crippen LogP contribution < -0.4 is 4.74 Å². The molecule has 3 nitrogen and oxygen atoms in total. The minimum absolute atomic E-state index is 0.447. The third-order valence-electron chi connectivity index (χ3n) is 3.41. The molecule has 2 aromatic rings. The number of aryl methyl sites for hydroxylation is 2. The van der Waals surface area contributed by atoms with Gasteiger partial charge in [0.2, 0.25) is 0 Å². The quantitative estimate of drug-likeness (QED) is 0.835. The second kappa shape index (κ2) is 6.59. The standard InChI is InChI=1S/C17H18O3S/c1-11-4-5-12(2)17(13(11)3)20-10-15-14(8-9-21-15)6-7-16(18)19/h4-9H,10H2,1-3H3,(H,18,19). The highest BCUT2D eigenvalue weighted by Gasteiger charge is 2.09. The number of hydrogen-bond acceptors (Lipinski definition) is 3. The number of carboxylic acid groups (broad SMARTS) is 1. The molecule has 21 heavy (non-hydrogen) atoms. The number of ether oxygens (including phenoxy) is 1. The minimum atomic E-state index is -0.946. The van der Waals surface area contributed by atoms with Gasteiger partial charge in [0.05, 0.1) is 0 Å². The Bertz CT molecular complexity index is 683. The van der Waals surface area contributed by atoms with E-state index in [0.717, 1.165) is 33.4 Å². The smallest absolute Gasteiger partial charge is 0.328 e. The van der Waals surface area contributed by atoms with Crippen LogP contribution in [0, 0.1) is 20.8 Å². The normalized spacial score (nSPS) is 11.0. The average Bonchev–Trinajstić information content (AvgIpc) is 2.88. The van der Waals surface area contributed by atoms with Gasteiger partial charge in [-0.2, -0.15) is 0 Å². The Labute approximate surface area is 128 Å². The molecule has 0 saturated carbocycles. The Morgan fingerprint density at radius 1 is 1.24 bits per heavy atom. The van der Waals surface area contributed by atoms with E-state index in [1.807, 2.05) is 18.4 Å². The van der Waals surface area contributed by atoms with E-state index in [0.29, 0.717) is 6.61 Å². The van der Waals surface area contributed by atoms with Gasteiger partial charge in [0.25, 0.3) is 0 Å². The molecule has 4 heteroatoms. The van der Waals surface area contributed by atoms with Crippen molar-refractivity contribution in [2.24, 2.45) is 0 Å². The summed E-state index contributed by atoms with van der Waals surface area (Å²) in [6, 6.07) is 6.04. The molecule has 1 heterocycles. The molecular formula is C17H18O3S. The van der Waals surface area contributed by atoms with Crippen LogP contribution in [0.4, 0.5) is 0 Å². The largest absolute Gasteiger partial charge is 0.487 e. The third-order valence-corrected chi connectivity index (χ3v) is 4.32. The Balaban J connectivity index is 2.16. The topological polar surface area (TPSA) is 46.5 Å². The molecule has 110 valence electrons. The number of benzene rings is 1. The van der Waals surface area contributed by atoms with Crippen molar-refractivity contribution in [1.29, 1.82) is 0 Å². The number of carboxylic acids is 1. The van der Waals surface area contributed by atoms with Crippen LogP contribution >= 0.6 is 11.3 Å². The van der Waals surface area contributed by atoms with Crippen molar-refractivity contribution in [3.8, 4) is 5.75 Å². The first-order valence-electron chi connectivity index (χ1n) is 6.66. The fourth-order valence-corrected chi connectivity index (χ4v) is 2.84. The molecule has 0 radical (unpaired) electrons. The van der Waals surface area contributed by atoms with Crippen molar-refractivity contribution >= 4 is 23.4 Å². The molecule has 0 aliphatic carbocycles. The van der Waals surface area contributed by atoms with Crippen LogP contribution in [0.25, 0.3) is 6.08 Å². The van der Waals surface area contributed by atoms with Gasteiger partial charge in [-0.15, -0.1) is 11.3 Å². The summed E-state index contributed by atoms with van der Waals surface area (Å²) in [5.41, 5.74) is 4.35. The van der Waals surface area contributed by atoms with Crippen LogP contribution in [-0.2, 0) is 11.4 Å². The summed E-state index contributed by atoms with van der Waals surface area (Å²) < 4.78 is 5.97. The summed E-state index contributed by atoms with van der Waals surface area (Å²) in [6.45, 7) is 6.59. The molecule has 0 amide bonds. The summed E-state index contributed by atoms with van der Waals surface area (Å²) in [4.78, 5) is 11.6. The lowest BCUT2D eigenvalue weighted by Gasteiger charge is -2.13. The first-order valence-corrected chi connectivity index (χ1v) is 7.54. The summed E-state index contributed by atoms with van der Waals surface area (Å²) in [7, 11) is 0. The van der Waals surface area contributed by atoms with Crippen LogP contribution in [0.3, 0.4) is 0 Å². The van der Waals surface area contributed by atoms with E-state index in [4.69, 9.17) is 9.84 Å². The fraction of sp³-hybridized carbons (Fsp3) is 0.235. The van der Waals surface area contributed by atoms with Gasteiger partial charge in [-0.3, -0.25) is 0 Å². The third kappa shape index (κ3) is 3.73. The van der Waals surface area contributed by atoms with E-state index >= 15 is 0 Å². The lowest BCUT2D eigenvalue weighted by molar-refractivity contribution is -0.131. The SMILES string of the molecule is Cc1ccc(C)c(OCc2sccc2C=CC(=O)O)c1C. The molecule has 2 rings (SSSR count). The second-order valence-corrected chi connectivity index (χ2v) is 5.91. The Morgan fingerprint density at radius 3 is 2.67 bits per heavy atom. The van der Waals surface area contributed by atoms with E-state index in [-0.39, 0.29) is 0 Å². The van der Waals surface area contributed by atoms with Crippen molar-refractivity contribution in [2.75, 3.05) is 0 Å². The average molecular weight is 302 g/mol. The molecule has 0 fully saturated rings. The van der Waals surface area contributed by atoms with Crippen LogP contribution in [0.2, 0.25) is 0 Å². The van der Waals surface area contributed by atoms with Gasteiger partial charge in [-0.25, -0.2) is 4.79 Å². The highest BCUT2D eigenvalue weighted by molar-refractivity contribution is 7.10. The number of rotatable bonds is 5. The van der Waals surface area contributed by atoms with Crippen molar-refractivity contribution in [3.63, 3.8) is 0 Å². The van der Waals surface area contributed by atoms with E-state index in [9.17, 15) is 4.79 Å². The summed E-state index contributed by atoms with van der Waals surface area (Å²) >= 11 is 1.57. The Morgan fingerprint density at radius 2 is 1.95 bits per heavy atom. The van der Waals surface area contributed by atoms with E-state index < -0.39 is 5.97 Å². The lowest BCUT2D eigenvalue weighted by Crippen LogP contribution is -2.00. The molecular weight excluding hydrogens is 284 g/mol. The van der Waals surface area contributed by atoms with E-state index in [1.165, 1.54) is 5.56 Å². The molecule has 0 atom stereocenters. The summed E-state index contributed by atoms with van der Waals surface area (Å²) in [6.07, 6.45) is 2.75. The Kier molecular flexibility index (Phi) is 4.81. The highest BCUT2D eigenvalue weighted by Crippen LogP contribution is 2.28. The maximum Gasteiger partial charge on any atom is 0.328 e. The molecule has 0 bridgehead atoms. The van der Waals surface area contributed by atoms with Gasteiger partial charge in [-0.05, 0) is 60.5 Å². The van der Waals surface area contributed by atoms with Gasteiger partial charge in [-0.1, -0.05) is 12.1 Å². The van der Waals surface area contributed by atoms with Crippen LogP contribution in [0.15, 0.2) is 29.7 Å². The van der Waals surface area contributed by atoms with Crippen molar-refractivity contribution < 1.29 is 14.6 Å². The van der Waals surface area contributed by atoms with Gasteiger partial charge in [0.15, 0.2) is 0 Å². The lowest BCUT2D eigenvalue weighted by atomic mass is 10.1. The monoisotopic (exact) mass is 302 g/mol. The number of carbonyl (C=O) groups is 1. The zero-order valence-corrected chi connectivity index (χ0v) is 13.2. The molecule has 1 N–H and O–H groups in total. The van der Waals surface area contributed by atoms with Crippen LogP contribution in [0.1, 0.15) is 27.1 Å². The van der Waals surface area contributed by atoms with Gasteiger partial charge >= 0.3 is 5.97 Å². The van der Waals surface area contributed by atoms with Crippen molar-refractivity contribution in [1.82, 2.24) is 0 Å². The van der Waals surface area contributed by atoms with Gasteiger partial charge in [0, 0.05) is 11.0 Å². The maximum absolute atomic E-state index is 10.6. The van der Waals surface area contributed by atoms with E-state index in [2.05, 4.69) is 26.0 Å². The zero-order valence-electron chi connectivity index (χ0n) is 12.3. The van der Waals surface area contributed by atoms with Crippen LogP contribution in [-0.4, -0.2) is 11.1 Å². The number of hydrogen-bond donors (Lipinski definition) is 1. The molecule has 0 spiro atoms. The zero-order chi connectivity index (χ0) is 15.4. The second-order valence-electron chi connectivity index (χ2n) is 4.91. The van der Waals surface area contributed by atoms with Gasteiger partial charge in [0.1, 0.15) is 12.4 Å². The van der Waals surface area contributed by atoms with Crippen molar-refractivity contribution in [3.05, 3.63) is 56.8 Å². The van der Waals surface area contributed by atoms with Crippen LogP contribution in [0.5, 0.6) is 5.75 Å². The minimum Gasteiger partial charge on any atom is -0.487 e. The maximum atomic E-state index is 10.6. The predicted octanol–water partition coefficient (Wildman–Crippen LogP) is 4.35. The Hall–Kier alpha value is -2.07.